The van der Waals surface area contributed by atoms with E-state index in [4.69, 9.17) is 9.15 Å². The van der Waals surface area contributed by atoms with E-state index in [9.17, 15) is 0 Å². The fourth-order valence-corrected chi connectivity index (χ4v) is 7.55. The quantitative estimate of drug-likeness (QED) is 0.177. The SMILES string of the molecule is C1=CC2c3c(c4ccccc4c4ccccc34)OC2C=C1N(c1ccc(-c2ccccc2)cc1)c1ccc(-c2cc3ncccc3o2)cc1. The van der Waals surface area contributed by atoms with Gasteiger partial charge in [0.05, 0.1) is 0 Å². The van der Waals surface area contributed by atoms with Crippen molar-refractivity contribution in [2.45, 2.75) is 12.0 Å². The van der Waals surface area contributed by atoms with Crippen molar-refractivity contribution < 1.29 is 9.15 Å². The molecule has 4 nitrogen and oxygen atoms in total. The standard InChI is InChI=1S/C45H30N2O2/c1-2-9-29(10-3-1)30-16-20-32(21-17-30)47(33-22-18-31(19-23-33)42-28-40-41(48-42)15-8-26-46-40)34-24-25-39-43(27-34)49-45-38-14-7-5-12-36(38)35-11-4-6-13-37(35)44(39)45/h1-28,39,43H. The number of fused-ring (bicyclic) bond motifs is 9. The predicted molar refractivity (Wildman–Crippen MR) is 199 cm³/mol. The molecule has 2 aromatic heterocycles. The topological polar surface area (TPSA) is 38.5 Å². The molecule has 2 aliphatic rings. The van der Waals surface area contributed by atoms with E-state index in [2.05, 4.69) is 156 Å². The average molecular weight is 631 g/mol. The van der Waals surface area contributed by atoms with Crippen molar-refractivity contribution in [3.63, 3.8) is 0 Å². The third kappa shape index (κ3) is 4.56. The van der Waals surface area contributed by atoms with Crippen molar-refractivity contribution in [3.05, 3.63) is 181 Å². The second-order valence-corrected chi connectivity index (χ2v) is 12.7. The number of hydrogen-bond acceptors (Lipinski definition) is 4. The van der Waals surface area contributed by atoms with Gasteiger partial charge < -0.3 is 14.1 Å². The third-order valence-electron chi connectivity index (χ3n) is 9.86. The molecule has 4 heteroatoms. The molecule has 0 amide bonds. The van der Waals surface area contributed by atoms with Gasteiger partial charge in [-0.25, -0.2) is 0 Å². The van der Waals surface area contributed by atoms with E-state index in [0.29, 0.717) is 0 Å². The molecular formula is C45H30N2O2. The van der Waals surface area contributed by atoms with Crippen molar-refractivity contribution >= 4 is 44.0 Å². The van der Waals surface area contributed by atoms with Gasteiger partial charge in [0.15, 0.2) is 5.58 Å². The average Bonchev–Trinajstić information content (AvgIpc) is 3.78. The molecule has 8 aromatic rings. The summed E-state index contributed by atoms with van der Waals surface area (Å²) in [5.41, 5.74) is 9.47. The summed E-state index contributed by atoms with van der Waals surface area (Å²) in [5, 5.41) is 4.92. The van der Waals surface area contributed by atoms with Gasteiger partial charge in [-0.2, -0.15) is 0 Å². The minimum absolute atomic E-state index is 0.125. The first-order chi connectivity index (χ1) is 24.3. The maximum absolute atomic E-state index is 6.89. The van der Waals surface area contributed by atoms with Gasteiger partial charge in [0.2, 0.25) is 0 Å². The lowest BCUT2D eigenvalue weighted by Crippen LogP contribution is -2.24. The van der Waals surface area contributed by atoms with Crippen LogP contribution in [-0.2, 0) is 0 Å². The van der Waals surface area contributed by atoms with Crippen LogP contribution in [0.2, 0.25) is 0 Å². The summed E-state index contributed by atoms with van der Waals surface area (Å²) in [7, 11) is 0. The van der Waals surface area contributed by atoms with Crippen LogP contribution in [0.4, 0.5) is 11.4 Å². The first kappa shape index (κ1) is 27.7. The highest BCUT2D eigenvalue weighted by Gasteiger charge is 2.37. The van der Waals surface area contributed by atoms with Gasteiger partial charge in [0.1, 0.15) is 23.1 Å². The van der Waals surface area contributed by atoms with Crippen LogP contribution in [0.15, 0.2) is 180 Å². The molecule has 10 rings (SSSR count). The number of benzene rings is 6. The molecule has 0 saturated carbocycles. The van der Waals surface area contributed by atoms with Crippen LogP contribution in [0.5, 0.6) is 5.75 Å². The number of pyridine rings is 1. The maximum Gasteiger partial charge on any atom is 0.153 e. The Labute approximate surface area is 283 Å². The molecule has 0 saturated heterocycles. The van der Waals surface area contributed by atoms with E-state index >= 15 is 0 Å². The summed E-state index contributed by atoms with van der Waals surface area (Å²) in [6.07, 6.45) is 8.54. The van der Waals surface area contributed by atoms with Gasteiger partial charge in [0.25, 0.3) is 0 Å². The van der Waals surface area contributed by atoms with Crippen LogP contribution in [0, 0.1) is 0 Å². The Hall–Kier alpha value is -6.39. The van der Waals surface area contributed by atoms with E-state index in [1.807, 2.05) is 18.2 Å². The lowest BCUT2D eigenvalue weighted by Gasteiger charge is -2.30. The summed E-state index contributed by atoms with van der Waals surface area (Å²) >= 11 is 0. The molecule has 1 aliphatic heterocycles. The van der Waals surface area contributed by atoms with E-state index in [1.165, 1.54) is 38.2 Å². The number of nitrogens with zero attached hydrogens (tertiary/aromatic N) is 2. The molecule has 2 atom stereocenters. The fourth-order valence-electron chi connectivity index (χ4n) is 7.55. The van der Waals surface area contributed by atoms with Gasteiger partial charge in [-0.3, -0.25) is 4.98 Å². The zero-order valence-corrected chi connectivity index (χ0v) is 26.5. The molecular weight excluding hydrogens is 601 g/mol. The molecule has 0 radical (unpaired) electrons. The Balaban J connectivity index is 1.06. The molecule has 232 valence electrons. The summed E-state index contributed by atoms with van der Waals surface area (Å²) in [6.45, 7) is 0. The Morgan fingerprint density at radius 1 is 0.571 bits per heavy atom. The van der Waals surface area contributed by atoms with Gasteiger partial charge in [-0.05, 0) is 88.0 Å². The zero-order chi connectivity index (χ0) is 32.3. The highest BCUT2D eigenvalue weighted by molar-refractivity contribution is 6.13. The minimum atomic E-state index is -0.127. The largest absolute Gasteiger partial charge is 0.484 e. The minimum Gasteiger partial charge on any atom is -0.484 e. The van der Waals surface area contributed by atoms with Crippen molar-refractivity contribution in [3.8, 4) is 28.2 Å². The number of allylic oxidation sites excluding steroid dienone is 1. The van der Waals surface area contributed by atoms with Crippen LogP contribution in [0.1, 0.15) is 11.5 Å². The highest BCUT2D eigenvalue weighted by atomic mass is 16.5. The van der Waals surface area contributed by atoms with Crippen molar-refractivity contribution in [1.82, 2.24) is 4.98 Å². The van der Waals surface area contributed by atoms with E-state index in [0.717, 1.165) is 45.2 Å². The predicted octanol–water partition coefficient (Wildman–Crippen LogP) is 11.6. The van der Waals surface area contributed by atoms with Crippen LogP contribution in [0.3, 0.4) is 0 Å². The first-order valence-electron chi connectivity index (χ1n) is 16.7. The molecule has 3 heterocycles. The molecule has 49 heavy (non-hydrogen) atoms. The molecule has 2 unspecified atom stereocenters. The Bertz CT molecular complexity index is 2550. The van der Waals surface area contributed by atoms with E-state index in [1.54, 1.807) is 6.20 Å². The Kier molecular flexibility index (Phi) is 6.28. The maximum atomic E-state index is 6.89. The second-order valence-electron chi connectivity index (χ2n) is 12.7. The molecule has 6 aromatic carbocycles. The van der Waals surface area contributed by atoms with Crippen molar-refractivity contribution in [2.75, 3.05) is 4.90 Å². The summed E-state index contributed by atoms with van der Waals surface area (Å²) in [6, 6.07) is 51.0. The smallest absolute Gasteiger partial charge is 0.153 e. The first-order valence-corrected chi connectivity index (χ1v) is 16.7. The number of anilines is 2. The lowest BCUT2D eigenvalue weighted by atomic mass is 9.85. The monoisotopic (exact) mass is 630 g/mol. The molecule has 1 aliphatic carbocycles. The number of ether oxygens (including phenoxy) is 1. The van der Waals surface area contributed by atoms with Crippen LogP contribution in [0.25, 0.3) is 55.1 Å². The lowest BCUT2D eigenvalue weighted by molar-refractivity contribution is 0.270. The van der Waals surface area contributed by atoms with Gasteiger partial charge in [-0.1, -0.05) is 97.1 Å². The Morgan fingerprint density at radius 2 is 1.20 bits per heavy atom. The van der Waals surface area contributed by atoms with Gasteiger partial charge in [-0.15, -0.1) is 0 Å². The number of furan rings is 1. The Morgan fingerprint density at radius 3 is 1.94 bits per heavy atom. The highest BCUT2D eigenvalue weighted by Crippen LogP contribution is 2.51. The van der Waals surface area contributed by atoms with Gasteiger partial charge >= 0.3 is 0 Å². The van der Waals surface area contributed by atoms with Crippen molar-refractivity contribution in [1.29, 1.82) is 0 Å². The van der Waals surface area contributed by atoms with E-state index in [-0.39, 0.29) is 12.0 Å². The number of hydrogen-bond donors (Lipinski definition) is 0. The van der Waals surface area contributed by atoms with Crippen LogP contribution < -0.4 is 9.64 Å². The number of rotatable bonds is 5. The van der Waals surface area contributed by atoms with Crippen LogP contribution in [-0.4, -0.2) is 11.1 Å². The third-order valence-corrected chi connectivity index (χ3v) is 9.86. The normalized spacial score (nSPS) is 16.4. The molecule has 0 spiro atoms. The molecule has 0 N–H and O–H groups in total. The summed E-state index contributed by atoms with van der Waals surface area (Å²) < 4.78 is 13.0. The molecule has 0 fully saturated rings. The van der Waals surface area contributed by atoms with E-state index < -0.39 is 0 Å². The van der Waals surface area contributed by atoms with Crippen LogP contribution >= 0.6 is 0 Å². The summed E-state index contributed by atoms with van der Waals surface area (Å²) in [5.74, 6) is 1.92. The number of aromatic nitrogens is 1. The van der Waals surface area contributed by atoms with Gasteiger partial charge in [0, 0.05) is 51.8 Å². The fraction of sp³-hybridized carbons (Fsp3) is 0.0444. The van der Waals surface area contributed by atoms with Crippen molar-refractivity contribution in [2.24, 2.45) is 0 Å². The summed E-state index contributed by atoms with van der Waals surface area (Å²) in [4.78, 5) is 6.76. The second kappa shape index (κ2) is 11.1. The molecule has 0 bridgehead atoms. The zero-order valence-electron chi connectivity index (χ0n) is 26.5.